The van der Waals surface area contributed by atoms with Crippen LogP contribution in [0.4, 0.5) is 5.95 Å². The second-order valence-corrected chi connectivity index (χ2v) is 20.3. The Balaban J connectivity index is 1.33. The van der Waals surface area contributed by atoms with Crippen molar-refractivity contribution in [3.05, 3.63) is 65.9 Å². The lowest BCUT2D eigenvalue weighted by Crippen LogP contribution is -2.62. The number of hydrogen-bond donors (Lipinski definition) is 3. The van der Waals surface area contributed by atoms with Gasteiger partial charge in [0, 0.05) is 84.2 Å². The monoisotopic (exact) mass is 950 g/mol. The Bertz CT molecular complexity index is 2630. The summed E-state index contributed by atoms with van der Waals surface area (Å²) in [6, 6.07) is 8.47. The summed E-state index contributed by atoms with van der Waals surface area (Å²) < 4.78 is 16.5. The zero-order valence-corrected chi connectivity index (χ0v) is 42.2. The second-order valence-electron chi connectivity index (χ2n) is 20.3. The molecule has 3 aliphatic heterocycles. The Labute approximate surface area is 405 Å². The molecule has 4 amide bonds. The number of carbonyl (C=O) groups is 5. The number of amides is 4. The first-order valence-corrected chi connectivity index (χ1v) is 24.2. The molecule has 3 aliphatic rings. The Morgan fingerprint density at radius 1 is 1.07 bits per heavy atom. The van der Waals surface area contributed by atoms with Gasteiger partial charge in [0.15, 0.2) is 0 Å². The largest absolute Gasteiger partial charge is 0.508 e. The molecule has 6 bridgehead atoms. The number of aromatic nitrogens is 3. The van der Waals surface area contributed by atoms with Crippen LogP contribution < -0.4 is 15.6 Å². The van der Waals surface area contributed by atoms with Gasteiger partial charge in [-0.3, -0.25) is 29.0 Å². The number of nitrogens with zero attached hydrogens (tertiary/aromatic N) is 7. The van der Waals surface area contributed by atoms with E-state index in [1.54, 1.807) is 31.2 Å². The molecule has 1 unspecified atom stereocenters. The summed E-state index contributed by atoms with van der Waals surface area (Å²) in [4.78, 5) is 79.9. The number of cyclic esters (lactones) is 1. The topological polar surface area (TPSA) is 184 Å². The molecule has 0 saturated carbocycles. The Hall–Kier alpha value is -6.20. The van der Waals surface area contributed by atoms with Crippen LogP contribution in [0.1, 0.15) is 83.7 Å². The molecule has 372 valence electrons. The number of fused-ring (bicyclic) bond motifs is 6. The number of esters is 1. The highest BCUT2D eigenvalue weighted by Gasteiger charge is 2.40. The minimum Gasteiger partial charge on any atom is -0.508 e. The summed E-state index contributed by atoms with van der Waals surface area (Å²) >= 11 is 0. The van der Waals surface area contributed by atoms with Crippen molar-refractivity contribution in [2.45, 2.75) is 104 Å². The molecule has 2 aromatic heterocycles. The van der Waals surface area contributed by atoms with Gasteiger partial charge in [-0.15, -0.1) is 0 Å². The Morgan fingerprint density at radius 2 is 1.81 bits per heavy atom. The number of likely N-dealkylation sites (N-methyl/N-ethyl adjacent to an activating group) is 1. The van der Waals surface area contributed by atoms with Crippen molar-refractivity contribution in [1.82, 2.24) is 39.7 Å². The van der Waals surface area contributed by atoms with Crippen molar-refractivity contribution in [2.24, 2.45) is 24.3 Å². The lowest BCUT2D eigenvalue weighted by atomic mass is 9.84. The zero-order valence-electron chi connectivity index (χ0n) is 42.2. The first-order chi connectivity index (χ1) is 32.7. The van der Waals surface area contributed by atoms with E-state index in [9.17, 15) is 29.1 Å². The third-order valence-electron chi connectivity index (χ3n) is 14.0. The number of aromatic hydroxyl groups is 1. The molecule has 0 spiro atoms. The molecule has 17 heteroatoms. The number of likely N-dealkylation sites (tertiary alicyclic amines) is 1. The first kappa shape index (κ1) is 50.7. The van der Waals surface area contributed by atoms with Gasteiger partial charge in [-0.1, -0.05) is 46.4 Å². The number of phenols is 1. The number of anilines is 1. The average molecular weight is 950 g/mol. The van der Waals surface area contributed by atoms with E-state index in [4.69, 9.17) is 14.5 Å². The number of nitrogens with one attached hydrogen (secondary N) is 2. The van der Waals surface area contributed by atoms with E-state index in [1.165, 1.54) is 16.0 Å². The van der Waals surface area contributed by atoms with Crippen LogP contribution in [0.25, 0.3) is 33.4 Å². The molecule has 0 radical (unpaired) electrons. The fourth-order valence-corrected chi connectivity index (χ4v) is 10.5. The number of aryl methyl sites for hydroxylation is 1. The average Bonchev–Trinajstić information content (AvgIpc) is 4.03. The quantitative estimate of drug-likeness (QED) is 0.130. The van der Waals surface area contributed by atoms with Crippen molar-refractivity contribution in [2.75, 3.05) is 59.4 Å². The van der Waals surface area contributed by atoms with E-state index in [2.05, 4.69) is 59.4 Å². The van der Waals surface area contributed by atoms with Crippen LogP contribution in [-0.2, 0) is 59.9 Å². The highest BCUT2D eigenvalue weighted by Crippen LogP contribution is 2.43. The van der Waals surface area contributed by atoms with E-state index >= 15 is 0 Å². The third-order valence-corrected chi connectivity index (χ3v) is 14.0. The van der Waals surface area contributed by atoms with Gasteiger partial charge < -0.3 is 43.7 Å². The van der Waals surface area contributed by atoms with Crippen molar-refractivity contribution < 1.29 is 38.6 Å². The van der Waals surface area contributed by atoms with Crippen LogP contribution in [0.15, 0.2) is 49.1 Å². The van der Waals surface area contributed by atoms with Gasteiger partial charge in [0.25, 0.3) is 5.91 Å². The molecule has 69 heavy (non-hydrogen) atoms. The van der Waals surface area contributed by atoms with Gasteiger partial charge in [0.1, 0.15) is 29.6 Å². The van der Waals surface area contributed by atoms with Crippen molar-refractivity contribution in [1.29, 1.82) is 0 Å². The molecule has 2 fully saturated rings. The maximum Gasteiger partial charge on any atom is 0.324 e. The first-order valence-electron chi connectivity index (χ1n) is 24.2. The maximum atomic E-state index is 14.8. The number of benzene rings is 2. The number of carbonyl (C=O) groups excluding carboxylic acids is 5. The van der Waals surface area contributed by atoms with Gasteiger partial charge in [0.2, 0.25) is 23.7 Å². The fourth-order valence-electron chi connectivity index (χ4n) is 10.5. The molecule has 7 rings (SSSR count). The van der Waals surface area contributed by atoms with Gasteiger partial charge >= 0.3 is 5.97 Å². The number of hydrogen-bond acceptors (Lipinski definition) is 11. The highest BCUT2D eigenvalue weighted by atomic mass is 16.5. The molecule has 0 aliphatic carbocycles. The number of hydrazine groups is 1. The SMILES string of the molecule is C=CC(=O)N1CC[C@H](C(=O)N(C)C(C(=O)N[C@H]2Cc3cc(O)cc(c3)-c3ccc4c(c3)c(c(-c3nc(N(C)C)n(C)c3[C@H](C)OC)n4CC)CC(C)(C)COC(=O)[C@@H]3CCCN(N3)C2=O)C(C)C)C1. The van der Waals surface area contributed by atoms with Gasteiger partial charge in [-0.25, -0.2) is 10.4 Å². The van der Waals surface area contributed by atoms with Gasteiger partial charge in [-0.05, 0) is 98.0 Å². The smallest absolute Gasteiger partial charge is 0.324 e. The number of imidazole rings is 1. The summed E-state index contributed by atoms with van der Waals surface area (Å²) in [7, 11) is 9.20. The van der Waals surface area contributed by atoms with Crippen LogP contribution in [0.5, 0.6) is 5.75 Å². The number of rotatable bonds is 11. The standard InChI is InChI=1S/C52H71N9O8/c1-13-42(63)59-21-19-34(28-59)48(65)57(10)44(30(3)4)47(64)53-40-24-32-22-35(25-36(62)23-32)33-17-18-41-37(26-33)38(27-52(6,7)29-69-50(67)39-16-15-20-61(55-39)49(40)66)46(60(41)14-2)43-45(31(5)68-12)58(11)51(54-43)56(8)9/h13,17-18,22-23,25-26,30-31,34,39-40,44,55,62H,1,14-16,19-21,24,27-29H2,2-12H3,(H,53,64)/t31-,34-,39-,40-,44?/m0/s1. The zero-order chi connectivity index (χ0) is 50.2. The predicted octanol–water partition coefficient (Wildman–Crippen LogP) is 5.37. The van der Waals surface area contributed by atoms with E-state index in [1.807, 2.05) is 58.9 Å². The second kappa shape index (κ2) is 20.4. The lowest BCUT2D eigenvalue weighted by Gasteiger charge is -2.37. The minimum absolute atomic E-state index is 0.0181. The van der Waals surface area contributed by atoms with E-state index in [0.717, 1.165) is 45.1 Å². The number of ether oxygens (including phenoxy) is 2. The predicted molar refractivity (Wildman–Crippen MR) is 265 cm³/mol. The molecule has 5 heterocycles. The Kier molecular flexibility index (Phi) is 15.0. The van der Waals surface area contributed by atoms with E-state index in [-0.39, 0.29) is 55.7 Å². The molecule has 2 saturated heterocycles. The van der Waals surface area contributed by atoms with E-state index in [0.29, 0.717) is 49.9 Å². The minimum atomic E-state index is -1.17. The molecule has 5 atom stereocenters. The van der Waals surface area contributed by atoms with Crippen LogP contribution in [0.3, 0.4) is 0 Å². The van der Waals surface area contributed by atoms with Crippen LogP contribution >= 0.6 is 0 Å². The van der Waals surface area contributed by atoms with Crippen molar-refractivity contribution in [3.63, 3.8) is 0 Å². The fraction of sp³-hybridized carbons (Fsp3) is 0.538. The Morgan fingerprint density at radius 3 is 2.48 bits per heavy atom. The normalized spacial score (nSPS) is 20.6. The molecule has 2 aromatic carbocycles. The van der Waals surface area contributed by atoms with E-state index < -0.39 is 47.2 Å². The van der Waals surface area contributed by atoms with Crippen LogP contribution in [0, 0.1) is 17.3 Å². The molecule has 3 N–H and O–H groups in total. The lowest BCUT2D eigenvalue weighted by molar-refractivity contribution is -0.155. The van der Waals surface area contributed by atoms with Crippen molar-refractivity contribution in [3.8, 4) is 28.3 Å². The van der Waals surface area contributed by atoms with Crippen molar-refractivity contribution >= 4 is 46.4 Å². The van der Waals surface area contributed by atoms with Crippen LogP contribution in [-0.4, -0.2) is 136 Å². The molecular formula is C52H71N9O8. The van der Waals surface area contributed by atoms with Gasteiger partial charge in [0.05, 0.1) is 30.0 Å². The highest BCUT2D eigenvalue weighted by molar-refractivity contribution is 5.96. The maximum absolute atomic E-state index is 14.8. The molecule has 4 aromatic rings. The summed E-state index contributed by atoms with van der Waals surface area (Å²) in [5.41, 5.74) is 9.33. The summed E-state index contributed by atoms with van der Waals surface area (Å²) in [5, 5.41) is 16.8. The number of methoxy groups -OCH3 is 1. The summed E-state index contributed by atoms with van der Waals surface area (Å²) in [5.74, 6) is -2.13. The number of phenolic OH excluding ortho intramolecular Hbond substituents is 1. The molecule has 17 nitrogen and oxygen atoms in total. The van der Waals surface area contributed by atoms with Gasteiger partial charge in [-0.2, -0.15) is 0 Å². The summed E-state index contributed by atoms with van der Waals surface area (Å²) in [6.45, 7) is 17.1. The molecular weight excluding hydrogens is 879 g/mol. The summed E-state index contributed by atoms with van der Waals surface area (Å²) in [6.07, 6.45) is 2.81. The third kappa shape index (κ3) is 10.3. The van der Waals surface area contributed by atoms with Crippen LogP contribution in [0.2, 0.25) is 0 Å².